The van der Waals surface area contributed by atoms with Gasteiger partial charge in [-0.1, -0.05) is 29.8 Å². The third-order valence-electron chi connectivity index (χ3n) is 4.89. The van der Waals surface area contributed by atoms with Crippen molar-refractivity contribution in [2.24, 2.45) is 0 Å². The van der Waals surface area contributed by atoms with Gasteiger partial charge in [0.25, 0.3) is 0 Å². The Bertz CT molecular complexity index is 696. The van der Waals surface area contributed by atoms with Crippen LogP contribution in [0.3, 0.4) is 0 Å². The summed E-state index contributed by atoms with van der Waals surface area (Å²) in [5, 5.41) is 5.95. The van der Waals surface area contributed by atoms with Crippen LogP contribution in [0.1, 0.15) is 30.4 Å². The number of carbonyl (C=O) groups is 1. The Hall–Kier alpha value is -1.64. The molecule has 0 saturated carbocycles. The fraction of sp³-hybridized carbons (Fsp3) is 0.611. The van der Waals surface area contributed by atoms with Crippen LogP contribution < -0.4 is 10.6 Å². The second-order valence-electron chi connectivity index (χ2n) is 6.98. The molecule has 1 aromatic carbocycles. The van der Waals surface area contributed by atoms with Crippen molar-refractivity contribution in [3.05, 3.63) is 35.4 Å². The van der Waals surface area contributed by atoms with Crippen LogP contribution in [0.2, 0.25) is 0 Å². The zero-order valence-electron chi connectivity index (χ0n) is 15.7. The molecule has 0 aromatic heterocycles. The van der Waals surface area contributed by atoms with Gasteiger partial charge in [0.15, 0.2) is 0 Å². The molecule has 0 atom stereocenters. The summed E-state index contributed by atoms with van der Waals surface area (Å²) in [5.74, 6) is 0. The van der Waals surface area contributed by atoms with E-state index in [4.69, 9.17) is 4.74 Å². The molecule has 0 aliphatic carbocycles. The van der Waals surface area contributed by atoms with Crippen LogP contribution in [-0.4, -0.2) is 57.4 Å². The number of aryl methyl sites for hydroxylation is 1. The molecule has 2 rings (SSSR count). The van der Waals surface area contributed by atoms with Crippen LogP contribution in [0.15, 0.2) is 24.3 Å². The number of piperidine rings is 1. The quantitative estimate of drug-likeness (QED) is 0.749. The second-order valence-corrected chi connectivity index (χ2v) is 8.96. The van der Waals surface area contributed by atoms with Crippen LogP contribution in [0.5, 0.6) is 0 Å². The lowest BCUT2D eigenvalue weighted by Crippen LogP contribution is -2.58. The van der Waals surface area contributed by atoms with Gasteiger partial charge in [-0.15, -0.1) is 0 Å². The Morgan fingerprint density at radius 2 is 1.85 bits per heavy atom. The minimum Gasteiger partial charge on any atom is -0.385 e. The van der Waals surface area contributed by atoms with Crippen LogP contribution in [0, 0.1) is 6.92 Å². The van der Waals surface area contributed by atoms with Crippen molar-refractivity contribution in [1.82, 2.24) is 14.9 Å². The van der Waals surface area contributed by atoms with Crippen LogP contribution in [0.4, 0.5) is 4.79 Å². The molecule has 7 nitrogen and oxygen atoms in total. The lowest BCUT2D eigenvalue weighted by molar-refractivity contribution is 0.122. The van der Waals surface area contributed by atoms with Gasteiger partial charge in [-0.2, -0.15) is 0 Å². The van der Waals surface area contributed by atoms with Gasteiger partial charge in [-0.3, -0.25) is 0 Å². The average Bonchev–Trinajstić information content (AvgIpc) is 2.59. The number of hydrogen-bond donors (Lipinski definition) is 2. The molecule has 0 radical (unpaired) electrons. The minimum absolute atomic E-state index is 0.241. The molecule has 1 aliphatic rings. The largest absolute Gasteiger partial charge is 0.385 e. The number of urea groups is 1. The van der Waals surface area contributed by atoms with E-state index in [9.17, 15) is 13.2 Å². The summed E-state index contributed by atoms with van der Waals surface area (Å²) >= 11 is 0. The number of nitrogens with zero attached hydrogens (tertiary/aromatic N) is 1. The molecule has 26 heavy (non-hydrogen) atoms. The van der Waals surface area contributed by atoms with E-state index in [1.165, 1.54) is 16.1 Å². The van der Waals surface area contributed by atoms with E-state index in [1.807, 2.05) is 31.2 Å². The van der Waals surface area contributed by atoms with Crippen molar-refractivity contribution in [3.8, 4) is 0 Å². The Morgan fingerprint density at radius 3 is 2.38 bits per heavy atom. The molecule has 0 spiro atoms. The molecular weight excluding hydrogens is 354 g/mol. The fourth-order valence-corrected chi connectivity index (χ4v) is 4.00. The predicted octanol–water partition coefficient (Wildman–Crippen LogP) is 1.62. The number of carbonyl (C=O) groups excluding carboxylic acids is 1. The molecule has 2 N–H and O–H groups in total. The van der Waals surface area contributed by atoms with Crippen molar-refractivity contribution < 1.29 is 17.9 Å². The molecule has 0 unspecified atom stereocenters. The zero-order valence-corrected chi connectivity index (χ0v) is 16.6. The maximum Gasteiger partial charge on any atom is 0.315 e. The smallest absolute Gasteiger partial charge is 0.315 e. The Balaban J connectivity index is 1.94. The van der Waals surface area contributed by atoms with Crippen molar-refractivity contribution >= 4 is 16.1 Å². The van der Waals surface area contributed by atoms with Crippen molar-refractivity contribution in [1.29, 1.82) is 0 Å². The lowest BCUT2D eigenvalue weighted by atomic mass is 9.85. The third-order valence-corrected chi connectivity index (χ3v) is 6.19. The van der Waals surface area contributed by atoms with Crippen LogP contribution in [-0.2, 0) is 21.3 Å². The molecule has 146 valence electrons. The summed E-state index contributed by atoms with van der Waals surface area (Å²) in [5.41, 5.74) is 1.76. The molecule has 1 saturated heterocycles. The standard InChI is InChI=1S/C18H29N3O4S/c1-15-4-6-16(7-5-15)14-19-17(22)20-18(10-13-25-2)8-11-21(12-9-18)26(3,23)24/h4-7H,8-14H2,1-3H3,(H2,19,20,22). The van der Waals surface area contributed by atoms with E-state index in [-0.39, 0.29) is 6.03 Å². The molecule has 1 aromatic rings. The number of nitrogens with one attached hydrogen (secondary N) is 2. The number of hydrogen-bond acceptors (Lipinski definition) is 4. The minimum atomic E-state index is -3.20. The summed E-state index contributed by atoms with van der Waals surface area (Å²) in [4.78, 5) is 12.4. The predicted molar refractivity (Wildman–Crippen MR) is 101 cm³/mol. The zero-order chi connectivity index (χ0) is 19.2. The summed E-state index contributed by atoms with van der Waals surface area (Å²) in [7, 11) is -1.58. The first-order valence-electron chi connectivity index (χ1n) is 8.80. The molecule has 2 amide bonds. The SMILES string of the molecule is COCCC1(NC(=O)NCc2ccc(C)cc2)CCN(S(C)(=O)=O)CC1. The van der Waals surface area contributed by atoms with Crippen molar-refractivity contribution in [2.45, 2.75) is 38.3 Å². The van der Waals surface area contributed by atoms with Gasteiger partial charge in [0.05, 0.1) is 6.26 Å². The molecule has 1 fully saturated rings. The Morgan fingerprint density at radius 1 is 1.23 bits per heavy atom. The summed E-state index contributed by atoms with van der Waals surface area (Å²) < 4.78 is 30.1. The first-order chi connectivity index (χ1) is 12.2. The Labute approximate surface area is 156 Å². The topological polar surface area (TPSA) is 87.7 Å². The fourth-order valence-electron chi connectivity index (χ4n) is 3.15. The van der Waals surface area contributed by atoms with E-state index >= 15 is 0 Å². The molecule has 8 heteroatoms. The highest BCUT2D eigenvalue weighted by Gasteiger charge is 2.37. The molecule has 1 aliphatic heterocycles. The van der Waals surface area contributed by atoms with Gasteiger partial charge in [-0.05, 0) is 31.7 Å². The first kappa shape index (κ1) is 20.7. The highest BCUT2D eigenvalue weighted by Crippen LogP contribution is 2.27. The number of ether oxygens (including phenoxy) is 1. The highest BCUT2D eigenvalue weighted by molar-refractivity contribution is 7.88. The summed E-state index contributed by atoms with van der Waals surface area (Å²) in [6.07, 6.45) is 3.01. The van der Waals surface area contributed by atoms with E-state index in [1.54, 1.807) is 7.11 Å². The number of methoxy groups -OCH3 is 1. The maximum absolute atomic E-state index is 12.4. The van der Waals surface area contributed by atoms with Gasteiger partial charge < -0.3 is 15.4 Å². The second kappa shape index (κ2) is 8.83. The van der Waals surface area contributed by atoms with Gasteiger partial charge in [0.1, 0.15) is 0 Å². The van der Waals surface area contributed by atoms with Gasteiger partial charge >= 0.3 is 6.03 Å². The highest BCUT2D eigenvalue weighted by atomic mass is 32.2. The normalized spacial score (nSPS) is 17.7. The Kier molecular flexibility index (Phi) is 7.02. The molecule has 0 bridgehead atoms. The molecule has 1 heterocycles. The lowest BCUT2D eigenvalue weighted by Gasteiger charge is -2.41. The monoisotopic (exact) mass is 383 g/mol. The first-order valence-corrected chi connectivity index (χ1v) is 10.6. The third kappa shape index (κ3) is 5.96. The van der Waals surface area contributed by atoms with E-state index in [0.717, 1.165) is 5.56 Å². The summed E-state index contributed by atoms with van der Waals surface area (Å²) in [6.45, 7) is 3.78. The van der Waals surface area contributed by atoms with E-state index in [2.05, 4.69) is 10.6 Å². The number of amides is 2. The number of sulfonamides is 1. The maximum atomic E-state index is 12.4. The number of rotatable bonds is 7. The number of benzene rings is 1. The van der Waals surface area contributed by atoms with Crippen LogP contribution in [0.25, 0.3) is 0 Å². The van der Waals surface area contributed by atoms with Gasteiger partial charge in [-0.25, -0.2) is 17.5 Å². The van der Waals surface area contributed by atoms with Crippen molar-refractivity contribution in [3.63, 3.8) is 0 Å². The molecular formula is C18H29N3O4S. The van der Waals surface area contributed by atoms with E-state index < -0.39 is 15.6 Å². The van der Waals surface area contributed by atoms with Gasteiger partial charge in [0.2, 0.25) is 10.0 Å². The summed E-state index contributed by atoms with van der Waals surface area (Å²) in [6, 6.07) is 7.75. The average molecular weight is 384 g/mol. The van der Waals surface area contributed by atoms with E-state index in [0.29, 0.717) is 45.5 Å². The van der Waals surface area contributed by atoms with Gasteiger partial charge in [0, 0.05) is 38.9 Å². The van der Waals surface area contributed by atoms with Crippen molar-refractivity contribution in [2.75, 3.05) is 33.1 Å². The van der Waals surface area contributed by atoms with Crippen LogP contribution >= 0.6 is 0 Å².